The predicted octanol–water partition coefficient (Wildman–Crippen LogP) is 3.37. The van der Waals surface area contributed by atoms with Gasteiger partial charge in [-0.3, -0.25) is 4.90 Å². The van der Waals surface area contributed by atoms with Crippen molar-refractivity contribution in [2.75, 3.05) is 37.7 Å². The molecule has 1 aromatic carbocycles. The minimum atomic E-state index is 0.379. The molecule has 1 aliphatic rings. The zero-order valence-electron chi connectivity index (χ0n) is 15.1. The first-order chi connectivity index (χ1) is 12.7. The standard InChI is InChI=1S/C19H23N5OS/c1-3-25-16-11-20-19(21-12-16)24-8-6-23(7-9-24)14(2)15-4-5-18-17(10-15)22-13-26-18/h4-5,10-14H,3,6-9H2,1-2H3. The van der Waals surface area contributed by atoms with E-state index in [4.69, 9.17) is 4.74 Å². The normalized spacial score (nSPS) is 16.8. The summed E-state index contributed by atoms with van der Waals surface area (Å²) in [6.07, 6.45) is 3.51. The molecule has 1 unspecified atom stereocenters. The van der Waals surface area contributed by atoms with E-state index in [-0.39, 0.29) is 0 Å². The lowest BCUT2D eigenvalue weighted by atomic mass is 10.1. The summed E-state index contributed by atoms with van der Waals surface area (Å²) in [6.45, 7) is 8.71. The Balaban J connectivity index is 1.39. The van der Waals surface area contributed by atoms with E-state index in [0.29, 0.717) is 12.6 Å². The number of ether oxygens (including phenoxy) is 1. The van der Waals surface area contributed by atoms with Gasteiger partial charge in [0.1, 0.15) is 0 Å². The minimum absolute atomic E-state index is 0.379. The first-order valence-electron chi connectivity index (χ1n) is 9.01. The van der Waals surface area contributed by atoms with Crippen molar-refractivity contribution in [1.29, 1.82) is 0 Å². The van der Waals surface area contributed by atoms with E-state index in [0.717, 1.165) is 43.4 Å². The Labute approximate surface area is 157 Å². The zero-order chi connectivity index (χ0) is 17.9. The maximum Gasteiger partial charge on any atom is 0.225 e. The molecule has 3 heterocycles. The number of piperazine rings is 1. The number of hydrogen-bond acceptors (Lipinski definition) is 7. The number of benzene rings is 1. The third-order valence-electron chi connectivity index (χ3n) is 4.91. The Hall–Kier alpha value is -2.25. The average Bonchev–Trinajstić information content (AvgIpc) is 3.16. The lowest BCUT2D eigenvalue weighted by Gasteiger charge is -2.38. The van der Waals surface area contributed by atoms with Crippen molar-refractivity contribution in [3.05, 3.63) is 41.7 Å². The lowest BCUT2D eigenvalue weighted by molar-refractivity contribution is 0.198. The van der Waals surface area contributed by atoms with Crippen LogP contribution < -0.4 is 9.64 Å². The summed E-state index contributed by atoms with van der Waals surface area (Å²) in [5, 5.41) is 0. The van der Waals surface area contributed by atoms with Gasteiger partial charge in [0.25, 0.3) is 0 Å². The number of nitrogens with zero attached hydrogens (tertiary/aromatic N) is 5. The van der Waals surface area contributed by atoms with Crippen LogP contribution in [0.3, 0.4) is 0 Å². The highest BCUT2D eigenvalue weighted by Crippen LogP contribution is 2.27. The second-order valence-corrected chi connectivity index (χ2v) is 7.32. The quantitative estimate of drug-likeness (QED) is 0.687. The van der Waals surface area contributed by atoms with Gasteiger partial charge < -0.3 is 9.64 Å². The van der Waals surface area contributed by atoms with Crippen molar-refractivity contribution >= 4 is 27.5 Å². The van der Waals surface area contributed by atoms with Gasteiger partial charge in [0.2, 0.25) is 5.95 Å². The van der Waals surface area contributed by atoms with Crippen LogP contribution in [0.25, 0.3) is 10.2 Å². The number of thiazole rings is 1. The highest BCUT2D eigenvalue weighted by Gasteiger charge is 2.23. The van der Waals surface area contributed by atoms with Crippen LogP contribution in [0, 0.1) is 0 Å². The molecule has 1 fully saturated rings. The summed E-state index contributed by atoms with van der Waals surface area (Å²) in [6, 6.07) is 7.01. The van der Waals surface area contributed by atoms with Crippen molar-refractivity contribution in [3.63, 3.8) is 0 Å². The Morgan fingerprint density at radius 2 is 1.88 bits per heavy atom. The average molecular weight is 369 g/mol. The molecule has 0 radical (unpaired) electrons. The second kappa shape index (κ2) is 7.55. The van der Waals surface area contributed by atoms with Crippen LogP contribution in [0.15, 0.2) is 36.1 Å². The molecule has 0 spiro atoms. The highest BCUT2D eigenvalue weighted by atomic mass is 32.1. The molecule has 1 saturated heterocycles. The Bertz CT molecular complexity index is 858. The van der Waals surface area contributed by atoms with Crippen LogP contribution >= 0.6 is 11.3 Å². The van der Waals surface area contributed by atoms with Gasteiger partial charge in [-0.15, -0.1) is 11.3 Å². The molecule has 0 aliphatic carbocycles. The Kier molecular flexibility index (Phi) is 4.99. The van der Waals surface area contributed by atoms with Crippen LogP contribution in [-0.4, -0.2) is 52.6 Å². The molecule has 1 atom stereocenters. The van der Waals surface area contributed by atoms with E-state index in [1.807, 2.05) is 12.4 Å². The summed E-state index contributed by atoms with van der Waals surface area (Å²) in [5.74, 6) is 1.51. The maximum absolute atomic E-state index is 5.41. The van der Waals surface area contributed by atoms with Gasteiger partial charge in [0.05, 0.1) is 34.7 Å². The molecule has 1 aliphatic heterocycles. The third-order valence-corrected chi connectivity index (χ3v) is 5.72. The molecule has 136 valence electrons. The lowest BCUT2D eigenvalue weighted by Crippen LogP contribution is -2.47. The fourth-order valence-electron chi connectivity index (χ4n) is 3.37. The maximum atomic E-state index is 5.41. The van der Waals surface area contributed by atoms with Crippen LogP contribution in [0.1, 0.15) is 25.5 Å². The number of anilines is 1. The molecule has 6 nitrogen and oxygen atoms in total. The minimum Gasteiger partial charge on any atom is -0.491 e. The van der Waals surface area contributed by atoms with Gasteiger partial charge in [-0.25, -0.2) is 15.0 Å². The van der Waals surface area contributed by atoms with Crippen molar-refractivity contribution in [2.24, 2.45) is 0 Å². The predicted molar refractivity (Wildman–Crippen MR) is 105 cm³/mol. The van der Waals surface area contributed by atoms with E-state index in [1.54, 1.807) is 23.7 Å². The number of fused-ring (bicyclic) bond motifs is 1. The van der Waals surface area contributed by atoms with E-state index in [2.05, 4.69) is 49.9 Å². The monoisotopic (exact) mass is 369 g/mol. The largest absolute Gasteiger partial charge is 0.491 e. The van der Waals surface area contributed by atoms with Gasteiger partial charge in [-0.1, -0.05) is 6.07 Å². The number of rotatable bonds is 5. The van der Waals surface area contributed by atoms with Crippen molar-refractivity contribution in [2.45, 2.75) is 19.9 Å². The van der Waals surface area contributed by atoms with Crippen LogP contribution in [0.5, 0.6) is 5.75 Å². The SMILES string of the molecule is CCOc1cnc(N2CCN(C(C)c3ccc4scnc4c3)CC2)nc1. The molecular weight excluding hydrogens is 346 g/mol. The fraction of sp³-hybridized carbons (Fsp3) is 0.421. The van der Waals surface area contributed by atoms with Gasteiger partial charge in [-0.05, 0) is 31.5 Å². The van der Waals surface area contributed by atoms with Gasteiger partial charge in [-0.2, -0.15) is 0 Å². The van der Waals surface area contributed by atoms with E-state index < -0.39 is 0 Å². The third kappa shape index (κ3) is 3.50. The summed E-state index contributed by atoms with van der Waals surface area (Å²) < 4.78 is 6.66. The molecule has 26 heavy (non-hydrogen) atoms. The molecule has 7 heteroatoms. The van der Waals surface area contributed by atoms with E-state index in [1.165, 1.54) is 10.3 Å². The van der Waals surface area contributed by atoms with Crippen LogP contribution in [0.2, 0.25) is 0 Å². The van der Waals surface area contributed by atoms with Crippen LogP contribution in [-0.2, 0) is 0 Å². The molecule has 0 saturated carbocycles. The zero-order valence-corrected chi connectivity index (χ0v) is 15.9. The molecule has 0 amide bonds. The van der Waals surface area contributed by atoms with Gasteiger partial charge in [0.15, 0.2) is 5.75 Å². The molecule has 0 bridgehead atoms. The first kappa shape index (κ1) is 17.2. The Morgan fingerprint density at radius 3 is 2.62 bits per heavy atom. The molecule has 4 rings (SSSR count). The summed E-state index contributed by atoms with van der Waals surface area (Å²) >= 11 is 1.69. The summed E-state index contributed by atoms with van der Waals surface area (Å²) in [7, 11) is 0. The second-order valence-electron chi connectivity index (χ2n) is 6.43. The molecule has 0 N–H and O–H groups in total. The van der Waals surface area contributed by atoms with Gasteiger partial charge >= 0.3 is 0 Å². The highest BCUT2D eigenvalue weighted by molar-refractivity contribution is 7.16. The van der Waals surface area contributed by atoms with Crippen molar-refractivity contribution < 1.29 is 4.74 Å². The first-order valence-corrected chi connectivity index (χ1v) is 9.89. The van der Waals surface area contributed by atoms with Gasteiger partial charge in [0, 0.05) is 32.2 Å². The summed E-state index contributed by atoms with van der Waals surface area (Å²) in [5.41, 5.74) is 4.34. The number of aromatic nitrogens is 3. The fourth-order valence-corrected chi connectivity index (χ4v) is 4.03. The van der Waals surface area contributed by atoms with E-state index in [9.17, 15) is 0 Å². The molecule has 2 aromatic heterocycles. The topological polar surface area (TPSA) is 54.4 Å². The Morgan fingerprint density at radius 1 is 1.12 bits per heavy atom. The summed E-state index contributed by atoms with van der Waals surface area (Å²) in [4.78, 5) is 18.1. The van der Waals surface area contributed by atoms with Crippen molar-refractivity contribution in [1.82, 2.24) is 19.9 Å². The van der Waals surface area contributed by atoms with Crippen LogP contribution in [0.4, 0.5) is 5.95 Å². The van der Waals surface area contributed by atoms with Crippen molar-refractivity contribution in [3.8, 4) is 5.75 Å². The van der Waals surface area contributed by atoms with E-state index >= 15 is 0 Å². The molecular formula is C19H23N5OS. The number of hydrogen-bond donors (Lipinski definition) is 0. The smallest absolute Gasteiger partial charge is 0.225 e. The molecule has 3 aromatic rings.